The molecular weight excluding hydrogens is 583 g/mol. The second-order valence-corrected chi connectivity index (χ2v) is 10.1. The van der Waals surface area contributed by atoms with Crippen molar-refractivity contribution in [2.24, 2.45) is 0 Å². The summed E-state index contributed by atoms with van der Waals surface area (Å²) in [6.45, 7) is 3.87. The zero-order valence-corrected chi connectivity index (χ0v) is 23.1. The molecule has 1 aliphatic heterocycles. The number of hydrogen-bond donors (Lipinski definition) is 1. The number of amides is 4. The summed E-state index contributed by atoms with van der Waals surface area (Å²) < 4.78 is 12.0. The van der Waals surface area contributed by atoms with Crippen molar-refractivity contribution in [3.05, 3.63) is 90.9 Å². The van der Waals surface area contributed by atoms with Crippen LogP contribution in [0.4, 0.5) is 10.5 Å². The Hall–Kier alpha value is -3.33. The van der Waals surface area contributed by atoms with Gasteiger partial charge < -0.3 is 9.47 Å². The zero-order chi connectivity index (χ0) is 26.9. The van der Waals surface area contributed by atoms with Gasteiger partial charge in [0.2, 0.25) is 0 Å². The van der Waals surface area contributed by atoms with E-state index in [9.17, 15) is 14.4 Å². The van der Waals surface area contributed by atoms with E-state index >= 15 is 0 Å². The second-order valence-electron chi connectivity index (χ2n) is 8.36. The van der Waals surface area contributed by atoms with Crippen LogP contribution >= 0.6 is 39.1 Å². The van der Waals surface area contributed by atoms with Crippen LogP contribution in [0.2, 0.25) is 10.0 Å². The lowest BCUT2D eigenvalue weighted by molar-refractivity contribution is -0.122. The predicted molar refractivity (Wildman–Crippen MR) is 146 cm³/mol. The maximum absolute atomic E-state index is 13.3. The number of barbiturate groups is 1. The van der Waals surface area contributed by atoms with E-state index in [1.165, 1.54) is 13.2 Å². The molecule has 1 heterocycles. The Labute approximate surface area is 232 Å². The van der Waals surface area contributed by atoms with Gasteiger partial charge in [0.25, 0.3) is 11.8 Å². The van der Waals surface area contributed by atoms with Crippen LogP contribution in [0.15, 0.2) is 58.6 Å². The predicted octanol–water partition coefficient (Wildman–Crippen LogP) is 6.63. The van der Waals surface area contributed by atoms with Crippen molar-refractivity contribution in [3.8, 4) is 11.5 Å². The summed E-state index contributed by atoms with van der Waals surface area (Å²) in [5, 5.41) is 3.22. The van der Waals surface area contributed by atoms with Crippen LogP contribution in [0.5, 0.6) is 11.5 Å². The molecule has 1 fully saturated rings. The zero-order valence-electron chi connectivity index (χ0n) is 20.0. The highest BCUT2D eigenvalue weighted by molar-refractivity contribution is 9.10. The first-order chi connectivity index (χ1) is 17.6. The number of rotatable bonds is 6. The van der Waals surface area contributed by atoms with Crippen LogP contribution in [0.3, 0.4) is 0 Å². The summed E-state index contributed by atoms with van der Waals surface area (Å²) >= 11 is 15.7. The fourth-order valence-corrected chi connectivity index (χ4v) is 4.93. The highest BCUT2D eigenvalue weighted by Crippen LogP contribution is 2.38. The van der Waals surface area contributed by atoms with Gasteiger partial charge in [0.1, 0.15) is 12.2 Å². The monoisotopic (exact) mass is 602 g/mol. The molecule has 4 amide bonds. The van der Waals surface area contributed by atoms with Crippen LogP contribution in [-0.4, -0.2) is 25.0 Å². The summed E-state index contributed by atoms with van der Waals surface area (Å²) in [5.41, 5.74) is 3.14. The van der Waals surface area contributed by atoms with Gasteiger partial charge in [0, 0.05) is 15.6 Å². The minimum absolute atomic E-state index is 0.152. The Bertz CT molecular complexity index is 1450. The third kappa shape index (κ3) is 5.82. The van der Waals surface area contributed by atoms with Gasteiger partial charge >= 0.3 is 6.03 Å². The van der Waals surface area contributed by atoms with Gasteiger partial charge in [-0.15, -0.1) is 0 Å². The fraction of sp³-hybridized carbons (Fsp3) is 0.148. The number of halogens is 3. The quantitative estimate of drug-likeness (QED) is 0.253. The van der Waals surface area contributed by atoms with Crippen LogP contribution < -0.4 is 19.7 Å². The third-order valence-corrected chi connectivity index (χ3v) is 6.69. The van der Waals surface area contributed by atoms with E-state index in [2.05, 4.69) is 21.2 Å². The molecule has 0 bridgehead atoms. The van der Waals surface area contributed by atoms with E-state index in [0.717, 1.165) is 21.6 Å². The number of nitrogens with zero attached hydrogens (tertiary/aromatic N) is 1. The first kappa shape index (κ1) is 26.7. The van der Waals surface area contributed by atoms with Crippen molar-refractivity contribution >= 4 is 68.7 Å². The Balaban J connectivity index is 1.65. The van der Waals surface area contributed by atoms with E-state index in [1.807, 2.05) is 19.9 Å². The highest BCUT2D eigenvalue weighted by Gasteiger charge is 2.37. The van der Waals surface area contributed by atoms with E-state index in [-0.39, 0.29) is 12.2 Å². The molecule has 0 atom stereocenters. The molecule has 3 aromatic carbocycles. The summed E-state index contributed by atoms with van der Waals surface area (Å²) in [4.78, 5) is 39.4. The highest BCUT2D eigenvalue weighted by atomic mass is 79.9. The average Bonchev–Trinajstić information content (AvgIpc) is 2.81. The number of carbonyl (C=O) groups is 3. The number of imide groups is 2. The molecule has 0 radical (unpaired) electrons. The fourth-order valence-electron chi connectivity index (χ4n) is 3.89. The minimum Gasteiger partial charge on any atom is -0.493 e. The van der Waals surface area contributed by atoms with Crippen molar-refractivity contribution in [2.75, 3.05) is 12.0 Å². The second kappa shape index (κ2) is 11.0. The molecule has 0 aliphatic carbocycles. The number of anilines is 1. The molecule has 0 aromatic heterocycles. The lowest BCUT2D eigenvalue weighted by Gasteiger charge is -2.27. The molecule has 1 aliphatic rings. The van der Waals surface area contributed by atoms with Crippen molar-refractivity contribution in [1.82, 2.24) is 5.32 Å². The normalized spacial score (nSPS) is 14.7. The van der Waals surface area contributed by atoms with Gasteiger partial charge in [-0.2, -0.15) is 0 Å². The maximum Gasteiger partial charge on any atom is 0.335 e. The van der Waals surface area contributed by atoms with Crippen molar-refractivity contribution in [1.29, 1.82) is 0 Å². The Kier molecular flexibility index (Phi) is 7.92. The molecule has 1 saturated heterocycles. The molecule has 190 valence electrons. The van der Waals surface area contributed by atoms with E-state index in [0.29, 0.717) is 37.3 Å². The molecule has 10 heteroatoms. The van der Waals surface area contributed by atoms with E-state index in [1.54, 1.807) is 42.5 Å². The number of ether oxygens (including phenoxy) is 2. The smallest absolute Gasteiger partial charge is 0.335 e. The van der Waals surface area contributed by atoms with E-state index in [4.69, 9.17) is 32.7 Å². The lowest BCUT2D eigenvalue weighted by Crippen LogP contribution is -2.54. The van der Waals surface area contributed by atoms with Crippen LogP contribution in [-0.2, 0) is 16.2 Å². The largest absolute Gasteiger partial charge is 0.493 e. The number of urea groups is 1. The number of nitrogens with one attached hydrogen (secondary N) is 1. The Morgan fingerprint density at radius 3 is 2.35 bits per heavy atom. The van der Waals surface area contributed by atoms with Gasteiger partial charge in [-0.05, 0) is 88.9 Å². The van der Waals surface area contributed by atoms with Gasteiger partial charge in [0.05, 0.1) is 17.3 Å². The molecule has 4 rings (SSSR count). The standard InChI is InChI=1S/C27H21BrCl2N2O5/c1-14-6-15(2)8-19(7-14)32-26(34)20(25(33)31-27(32)35)9-16-10-21(28)24(23(11-16)36-3)37-13-17-4-5-18(29)12-22(17)30/h4-12H,13H2,1-3H3,(H,31,33,35)/b20-9+. The summed E-state index contributed by atoms with van der Waals surface area (Å²) in [7, 11) is 1.47. The topological polar surface area (TPSA) is 84.9 Å². The average molecular weight is 604 g/mol. The number of benzene rings is 3. The molecule has 0 saturated carbocycles. The van der Waals surface area contributed by atoms with E-state index < -0.39 is 17.8 Å². The van der Waals surface area contributed by atoms with Gasteiger partial charge in [0.15, 0.2) is 11.5 Å². The van der Waals surface area contributed by atoms with Crippen molar-refractivity contribution in [3.63, 3.8) is 0 Å². The molecule has 37 heavy (non-hydrogen) atoms. The van der Waals surface area contributed by atoms with Crippen LogP contribution in [0, 0.1) is 13.8 Å². The molecule has 7 nitrogen and oxygen atoms in total. The minimum atomic E-state index is -0.805. The van der Waals surface area contributed by atoms with Gasteiger partial charge in [-0.1, -0.05) is 35.3 Å². The SMILES string of the molecule is COc1cc(/C=C2\C(=O)NC(=O)N(c3cc(C)cc(C)c3)C2=O)cc(Br)c1OCc1ccc(Cl)cc1Cl. The number of aryl methyl sites for hydroxylation is 2. The van der Waals surface area contributed by atoms with Crippen molar-refractivity contribution < 1.29 is 23.9 Å². The van der Waals surface area contributed by atoms with Crippen LogP contribution in [0.1, 0.15) is 22.3 Å². The Morgan fingerprint density at radius 1 is 1.00 bits per heavy atom. The summed E-state index contributed by atoms with van der Waals surface area (Å²) in [5.74, 6) is -0.755. The Morgan fingerprint density at radius 2 is 1.70 bits per heavy atom. The molecule has 0 spiro atoms. The number of carbonyl (C=O) groups excluding carboxylic acids is 3. The van der Waals surface area contributed by atoms with Crippen molar-refractivity contribution in [2.45, 2.75) is 20.5 Å². The molecular formula is C27H21BrCl2N2O5. The molecule has 1 N–H and O–H groups in total. The molecule has 0 unspecified atom stereocenters. The molecule has 3 aromatic rings. The number of methoxy groups -OCH3 is 1. The first-order valence-electron chi connectivity index (χ1n) is 11.0. The van der Waals surface area contributed by atoms with Crippen LogP contribution in [0.25, 0.3) is 6.08 Å². The summed E-state index contributed by atoms with van der Waals surface area (Å²) in [6.07, 6.45) is 1.40. The third-order valence-electron chi connectivity index (χ3n) is 5.52. The van der Waals surface area contributed by atoms with Gasteiger partial charge in [-0.3, -0.25) is 14.9 Å². The first-order valence-corrected chi connectivity index (χ1v) is 12.6. The maximum atomic E-state index is 13.3. The summed E-state index contributed by atoms with van der Waals surface area (Å²) in [6, 6.07) is 12.9. The lowest BCUT2D eigenvalue weighted by atomic mass is 10.0. The van der Waals surface area contributed by atoms with Gasteiger partial charge in [-0.25, -0.2) is 9.69 Å². The number of hydrogen-bond acceptors (Lipinski definition) is 5.